The first-order chi connectivity index (χ1) is 10.6. The molecule has 6 heteroatoms. The third-order valence-electron chi connectivity index (χ3n) is 4.34. The van der Waals surface area contributed by atoms with Gasteiger partial charge in [-0.2, -0.15) is 0 Å². The maximum atomic E-state index is 11.3. The Balaban J connectivity index is 1.92. The van der Waals surface area contributed by atoms with Crippen molar-refractivity contribution in [3.63, 3.8) is 0 Å². The van der Waals surface area contributed by atoms with E-state index in [1.165, 1.54) is 0 Å². The summed E-state index contributed by atoms with van der Waals surface area (Å²) in [6, 6.07) is 2.01. The van der Waals surface area contributed by atoms with Crippen LogP contribution >= 0.6 is 0 Å². The minimum Gasteiger partial charge on any atom is -0.371 e. The first-order valence-electron chi connectivity index (χ1n) is 7.49. The summed E-state index contributed by atoms with van der Waals surface area (Å²) in [6.45, 7) is 5.47. The van der Waals surface area contributed by atoms with Crippen molar-refractivity contribution in [2.75, 3.05) is 18.0 Å². The first-order valence-corrected chi connectivity index (χ1v) is 7.49. The number of carbonyl (C=O) groups is 1. The zero-order valence-electron chi connectivity index (χ0n) is 12.9. The van der Waals surface area contributed by atoms with Crippen molar-refractivity contribution in [2.45, 2.75) is 26.7 Å². The molecule has 0 radical (unpaired) electrons. The van der Waals surface area contributed by atoms with Gasteiger partial charge in [-0.1, -0.05) is 5.16 Å². The van der Waals surface area contributed by atoms with Crippen LogP contribution in [0.3, 0.4) is 0 Å². The number of primary amides is 1. The van der Waals surface area contributed by atoms with Crippen LogP contribution in [0.2, 0.25) is 0 Å². The van der Waals surface area contributed by atoms with E-state index in [9.17, 15) is 4.79 Å². The van der Waals surface area contributed by atoms with Crippen molar-refractivity contribution in [2.24, 2.45) is 11.7 Å². The van der Waals surface area contributed by atoms with Crippen LogP contribution in [0.4, 0.5) is 5.69 Å². The van der Waals surface area contributed by atoms with E-state index in [0.717, 1.165) is 54.2 Å². The van der Waals surface area contributed by atoms with Crippen LogP contribution in [0.5, 0.6) is 0 Å². The van der Waals surface area contributed by atoms with E-state index < -0.39 is 0 Å². The quantitative estimate of drug-likeness (QED) is 0.937. The van der Waals surface area contributed by atoms with Crippen LogP contribution in [0.15, 0.2) is 23.0 Å². The molecule has 1 aliphatic heterocycles. The Hall–Kier alpha value is -2.37. The van der Waals surface area contributed by atoms with E-state index >= 15 is 0 Å². The molecule has 3 rings (SSSR count). The molecule has 0 saturated carbocycles. The molecule has 0 aliphatic carbocycles. The zero-order valence-corrected chi connectivity index (χ0v) is 12.9. The maximum absolute atomic E-state index is 11.3. The zero-order chi connectivity index (χ0) is 15.7. The van der Waals surface area contributed by atoms with Crippen molar-refractivity contribution in [3.8, 4) is 11.1 Å². The molecule has 0 spiro atoms. The fourth-order valence-electron chi connectivity index (χ4n) is 3.13. The second-order valence-corrected chi connectivity index (χ2v) is 5.76. The third-order valence-corrected chi connectivity index (χ3v) is 4.34. The van der Waals surface area contributed by atoms with E-state index in [4.69, 9.17) is 10.3 Å². The van der Waals surface area contributed by atoms with Gasteiger partial charge in [-0.3, -0.25) is 9.78 Å². The van der Waals surface area contributed by atoms with E-state index in [1.807, 2.05) is 26.1 Å². The number of piperidine rings is 1. The van der Waals surface area contributed by atoms with Gasteiger partial charge in [0.05, 0.1) is 11.3 Å². The average Bonchev–Trinajstić information content (AvgIpc) is 2.86. The largest absolute Gasteiger partial charge is 0.371 e. The smallest absolute Gasteiger partial charge is 0.220 e. The van der Waals surface area contributed by atoms with Crippen molar-refractivity contribution in [1.29, 1.82) is 0 Å². The highest BCUT2D eigenvalue weighted by molar-refractivity contribution is 5.81. The van der Waals surface area contributed by atoms with E-state index in [2.05, 4.69) is 15.0 Å². The number of rotatable bonds is 3. The maximum Gasteiger partial charge on any atom is 0.220 e. The Labute approximate surface area is 129 Å². The fourth-order valence-corrected chi connectivity index (χ4v) is 3.13. The molecule has 1 saturated heterocycles. The van der Waals surface area contributed by atoms with Crippen molar-refractivity contribution < 1.29 is 9.32 Å². The Kier molecular flexibility index (Phi) is 3.83. The normalized spacial score (nSPS) is 16.0. The van der Waals surface area contributed by atoms with Crippen molar-refractivity contribution in [1.82, 2.24) is 10.1 Å². The number of hydrogen-bond acceptors (Lipinski definition) is 5. The van der Waals surface area contributed by atoms with Gasteiger partial charge in [0.1, 0.15) is 5.76 Å². The molecular weight excluding hydrogens is 280 g/mol. The Bertz CT molecular complexity index is 668. The highest BCUT2D eigenvalue weighted by Crippen LogP contribution is 2.35. The van der Waals surface area contributed by atoms with E-state index in [-0.39, 0.29) is 11.8 Å². The van der Waals surface area contributed by atoms with Gasteiger partial charge in [0.2, 0.25) is 5.91 Å². The number of hydrogen-bond donors (Lipinski definition) is 1. The molecule has 3 heterocycles. The monoisotopic (exact) mass is 300 g/mol. The summed E-state index contributed by atoms with van der Waals surface area (Å²) in [6.07, 6.45) is 5.22. The second kappa shape index (κ2) is 5.79. The molecule has 0 atom stereocenters. The Morgan fingerprint density at radius 2 is 2.09 bits per heavy atom. The molecule has 116 valence electrons. The Morgan fingerprint density at radius 1 is 1.36 bits per heavy atom. The topological polar surface area (TPSA) is 85.2 Å². The van der Waals surface area contributed by atoms with E-state index in [1.54, 1.807) is 6.20 Å². The summed E-state index contributed by atoms with van der Waals surface area (Å²) >= 11 is 0. The van der Waals surface area contributed by atoms with Gasteiger partial charge in [0, 0.05) is 42.7 Å². The number of anilines is 1. The molecule has 1 amide bonds. The first kappa shape index (κ1) is 14.6. The van der Waals surface area contributed by atoms with Crippen LogP contribution in [-0.2, 0) is 4.79 Å². The summed E-state index contributed by atoms with van der Waals surface area (Å²) in [5.41, 5.74) is 9.40. The highest BCUT2D eigenvalue weighted by atomic mass is 16.5. The van der Waals surface area contributed by atoms with Gasteiger partial charge < -0.3 is 15.2 Å². The standard InChI is InChI=1S/C16H20N4O2/c1-10-15(11(2)22-19-10)13-9-18-6-3-14(13)20-7-4-12(5-8-20)16(17)21/h3,6,9,12H,4-5,7-8H2,1-2H3,(H2,17,21). The minimum absolute atomic E-state index is 0.0133. The molecule has 6 nitrogen and oxygen atoms in total. The van der Waals surface area contributed by atoms with Crippen molar-refractivity contribution >= 4 is 11.6 Å². The molecule has 2 N–H and O–H groups in total. The lowest BCUT2D eigenvalue weighted by Crippen LogP contribution is -2.38. The number of amides is 1. The van der Waals surface area contributed by atoms with Gasteiger partial charge >= 0.3 is 0 Å². The van der Waals surface area contributed by atoms with Crippen LogP contribution in [0, 0.1) is 19.8 Å². The molecule has 0 bridgehead atoms. The average molecular weight is 300 g/mol. The van der Waals surface area contributed by atoms with Crippen LogP contribution in [-0.4, -0.2) is 29.1 Å². The Morgan fingerprint density at radius 3 is 2.68 bits per heavy atom. The number of nitrogens with two attached hydrogens (primary N) is 1. The summed E-state index contributed by atoms with van der Waals surface area (Å²) in [4.78, 5) is 17.8. The SMILES string of the molecule is Cc1noc(C)c1-c1cnccc1N1CCC(C(N)=O)CC1. The van der Waals surface area contributed by atoms with Gasteiger partial charge in [0.25, 0.3) is 0 Å². The number of aryl methyl sites for hydroxylation is 2. The summed E-state index contributed by atoms with van der Waals surface area (Å²) in [5.74, 6) is 0.583. The van der Waals surface area contributed by atoms with Gasteiger partial charge in [-0.05, 0) is 32.8 Å². The molecular formula is C16H20N4O2. The summed E-state index contributed by atoms with van der Waals surface area (Å²) in [5, 5.41) is 4.03. The number of nitrogens with zero attached hydrogens (tertiary/aromatic N) is 3. The lowest BCUT2D eigenvalue weighted by molar-refractivity contribution is -0.122. The molecule has 22 heavy (non-hydrogen) atoms. The predicted octanol–water partition coefficient (Wildman–Crippen LogP) is 2.06. The lowest BCUT2D eigenvalue weighted by atomic mass is 9.95. The van der Waals surface area contributed by atoms with Crippen LogP contribution < -0.4 is 10.6 Å². The molecule has 1 aliphatic rings. The second-order valence-electron chi connectivity index (χ2n) is 5.76. The highest BCUT2D eigenvalue weighted by Gasteiger charge is 2.25. The van der Waals surface area contributed by atoms with E-state index in [0.29, 0.717) is 0 Å². The summed E-state index contributed by atoms with van der Waals surface area (Å²) in [7, 11) is 0. The van der Waals surface area contributed by atoms with Crippen LogP contribution in [0.1, 0.15) is 24.3 Å². The number of carbonyl (C=O) groups excluding carboxylic acids is 1. The molecule has 2 aromatic rings. The van der Waals surface area contributed by atoms with Gasteiger partial charge in [-0.15, -0.1) is 0 Å². The fraction of sp³-hybridized carbons (Fsp3) is 0.438. The summed E-state index contributed by atoms with van der Waals surface area (Å²) < 4.78 is 5.28. The van der Waals surface area contributed by atoms with Gasteiger partial charge in [0.15, 0.2) is 0 Å². The number of pyridine rings is 1. The number of aromatic nitrogens is 2. The minimum atomic E-state index is -0.194. The molecule has 0 aromatic carbocycles. The molecule has 1 fully saturated rings. The predicted molar refractivity (Wildman–Crippen MR) is 83.3 cm³/mol. The van der Waals surface area contributed by atoms with Crippen LogP contribution in [0.25, 0.3) is 11.1 Å². The van der Waals surface area contributed by atoms with Gasteiger partial charge in [-0.25, -0.2) is 0 Å². The molecule has 0 unspecified atom stereocenters. The third kappa shape index (κ3) is 2.56. The lowest BCUT2D eigenvalue weighted by Gasteiger charge is -2.33. The molecule has 2 aromatic heterocycles. The van der Waals surface area contributed by atoms with Crippen molar-refractivity contribution in [3.05, 3.63) is 29.9 Å².